The van der Waals surface area contributed by atoms with Crippen molar-refractivity contribution >= 4 is 6.03 Å². The van der Waals surface area contributed by atoms with Gasteiger partial charge in [-0.25, -0.2) is 13.9 Å². The number of hydrogen-bond donors (Lipinski definition) is 2. The van der Waals surface area contributed by atoms with Crippen LogP contribution in [0.15, 0.2) is 60.9 Å². The summed E-state index contributed by atoms with van der Waals surface area (Å²) in [6.45, 7) is 1.16. The van der Waals surface area contributed by atoms with Crippen LogP contribution in [-0.4, -0.2) is 40.3 Å². The molecular weight excluding hydrogens is 377 g/mol. The lowest BCUT2D eigenvalue weighted by Crippen LogP contribution is -2.45. The summed E-state index contributed by atoms with van der Waals surface area (Å²) in [6.07, 6.45) is 3.33. The van der Waals surface area contributed by atoms with Crippen molar-refractivity contribution < 1.29 is 18.7 Å². The predicted octanol–water partition coefficient (Wildman–Crippen LogP) is 2.65. The molecule has 0 unspecified atom stereocenters. The largest absolute Gasteiger partial charge is 0.454 e. The maximum absolute atomic E-state index is 13.7. The summed E-state index contributed by atoms with van der Waals surface area (Å²) < 4.78 is 26.5. The van der Waals surface area contributed by atoms with Crippen LogP contribution in [0.2, 0.25) is 0 Å². The Morgan fingerprint density at radius 3 is 2.97 bits per heavy atom. The van der Waals surface area contributed by atoms with Gasteiger partial charge < -0.3 is 20.1 Å². The zero-order valence-corrected chi connectivity index (χ0v) is 15.5. The molecule has 8 nitrogen and oxygen atoms in total. The number of carbonyl (C=O) groups excluding carboxylic acids is 1. The van der Waals surface area contributed by atoms with Crippen LogP contribution >= 0.6 is 0 Å². The summed E-state index contributed by atoms with van der Waals surface area (Å²) in [7, 11) is 0. The highest BCUT2D eigenvalue weighted by Crippen LogP contribution is 2.24. The molecule has 150 valence electrons. The average molecular weight is 397 g/mol. The van der Waals surface area contributed by atoms with E-state index >= 15 is 0 Å². The first-order chi connectivity index (χ1) is 14.2. The van der Waals surface area contributed by atoms with E-state index in [2.05, 4.69) is 20.9 Å². The second kappa shape index (κ2) is 8.70. The van der Waals surface area contributed by atoms with Crippen LogP contribution in [-0.2, 0) is 11.3 Å². The van der Waals surface area contributed by atoms with Gasteiger partial charge in [0.25, 0.3) is 0 Å². The van der Waals surface area contributed by atoms with Gasteiger partial charge >= 0.3 is 6.03 Å². The Hall–Kier alpha value is -3.46. The van der Waals surface area contributed by atoms with Crippen molar-refractivity contribution in [2.75, 3.05) is 13.2 Å². The third-order valence-corrected chi connectivity index (χ3v) is 4.56. The van der Waals surface area contributed by atoms with E-state index in [1.54, 1.807) is 53.5 Å². The highest BCUT2D eigenvalue weighted by atomic mass is 19.1. The van der Waals surface area contributed by atoms with Crippen LogP contribution in [0.5, 0.6) is 11.5 Å². The van der Waals surface area contributed by atoms with Gasteiger partial charge in [0.05, 0.1) is 31.5 Å². The summed E-state index contributed by atoms with van der Waals surface area (Å²) in [5.74, 6) is 0.206. The molecule has 2 heterocycles. The minimum absolute atomic E-state index is 0.0965. The van der Waals surface area contributed by atoms with E-state index < -0.39 is 5.82 Å². The Morgan fingerprint density at radius 2 is 2.14 bits per heavy atom. The van der Waals surface area contributed by atoms with Gasteiger partial charge in [-0.15, -0.1) is 5.10 Å². The Balaban J connectivity index is 1.32. The van der Waals surface area contributed by atoms with E-state index in [0.29, 0.717) is 25.5 Å². The van der Waals surface area contributed by atoms with Gasteiger partial charge in [-0.1, -0.05) is 29.5 Å². The summed E-state index contributed by atoms with van der Waals surface area (Å²) >= 11 is 0. The predicted molar refractivity (Wildman–Crippen MR) is 102 cm³/mol. The van der Waals surface area contributed by atoms with E-state index in [9.17, 15) is 9.18 Å². The number of nitrogens with zero attached hydrogens (tertiary/aromatic N) is 3. The molecule has 2 N–H and O–H groups in total. The molecule has 2 aromatic carbocycles. The average Bonchev–Trinajstić information content (AvgIpc) is 3.40. The maximum Gasteiger partial charge on any atom is 0.315 e. The fourth-order valence-electron chi connectivity index (χ4n) is 3.11. The maximum atomic E-state index is 13.7. The number of para-hydroxylation sites is 1. The van der Waals surface area contributed by atoms with Gasteiger partial charge in [-0.3, -0.25) is 0 Å². The Bertz CT molecular complexity index is 966. The molecule has 1 saturated heterocycles. The molecule has 3 aromatic rings. The molecule has 29 heavy (non-hydrogen) atoms. The topological polar surface area (TPSA) is 90.3 Å². The molecule has 9 heteroatoms. The second-order valence-corrected chi connectivity index (χ2v) is 6.60. The monoisotopic (exact) mass is 397 g/mol. The molecule has 4 rings (SSSR count). The van der Waals surface area contributed by atoms with Crippen LogP contribution in [0.1, 0.15) is 11.6 Å². The van der Waals surface area contributed by atoms with Gasteiger partial charge in [0.15, 0.2) is 11.6 Å². The van der Waals surface area contributed by atoms with E-state index in [1.807, 2.05) is 6.07 Å². The first-order valence-electron chi connectivity index (χ1n) is 9.18. The molecule has 1 aromatic heterocycles. The number of halogens is 1. The normalized spacial score (nSPS) is 18.4. The van der Waals surface area contributed by atoms with E-state index in [0.717, 1.165) is 5.56 Å². The zero-order valence-electron chi connectivity index (χ0n) is 15.5. The van der Waals surface area contributed by atoms with Crippen molar-refractivity contribution in [1.29, 1.82) is 0 Å². The van der Waals surface area contributed by atoms with E-state index in [4.69, 9.17) is 9.47 Å². The van der Waals surface area contributed by atoms with Crippen molar-refractivity contribution in [2.24, 2.45) is 0 Å². The summed E-state index contributed by atoms with van der Waals surface area (Å²) in [6, 6.07) is 12.7. The van der Waals surface area contributed by atoms with Crippen LogP contribution in [0.25, 0.3) is 0 Å². The molecule has 2 amide bonds. The number of carbonyl (C=O) groups is 1. The number of hydrogen-bond acceptors (Lipinski definition) is 5. The zero-order chi connectivity index (χ0) is 20.1. The van der Waals surface area contributed by atoms with Crippen LogP contribution in [0.4, 0.5) is 9.18 Å². The fourth-order valence-corrected chi connectivity index (χ4v) is 3.11. The fraction of sp³-hybridized carbons (Fsp3) is 0.250. The van der Waals surface area contributed by atoms with Crippen LogP contribution in [0, 0.1) is 5.82 Å². The Kier molecular flexibility index (Phi) is 5.66. The molecule has 2 atom stereocenters. The van der Waals surface area contributed by atoms with E-state index in [-0.39, 0.29) is 23.9 Å². The lowest BCUT2D eigenvalue weighted by atomic mass is 10.2. The molecule has 1 aliphatic heterocycles. The molecular formula is C20H20FN5O3. The van der Waals surface area contributed by atoms with Crippen molar-refractivity contribution in [3.05, 3.63) is 72.3 Å². The first-order valence-corrected chi connectivity index (χ1v) is 9.18. The van der Waals surface area contributed by atoms with Crippen molar-refractivity contribution in [3.63, 3.8) is 0 Å². The van der Waals surface area contributed by atoms with Gasteiger partial charge in [-0.05, 0) is 29.8 Å². The Labute approximate surface area is 166 Å². The quantitative estimate of drug-likeness (QED) is 0.667. The lowest BCUT2D eigenvalue weighted by Gasteiger charge is -2.19. The lowest BCUT2D eigenvalue weighted by molar-refractivity contribution is 0.181. The summed E-state index contributed by atoms with van der Waals surface area (Å²) in [5, 5.41) is 13.5. The molecule has 0 radical (unpaired) electrons. The first kappa shape index (κ1) is 18.9. The van der Waals surface area contributed by atoms with E-state index in [1.165, 1.54) is 6.07 Å². The molecule has 0 spiro atoms. The minimum Gasteiger partial charge on any atom is -0.454 e. The van der Waals surface area contributed by atoms with Gasteiger partial charge in [0, 0.05) is 12.7 Å². The third kappa shape index (κ3) is 4.69. The number of rotatable bonds is 6. The Morgan fingerprint density at radius 1 is 1.24 bits per heavy atom. The number of amides is 2. The molecule has 1 aliphatic rings. The highest BCUT2D eigenvalue weighted by molar-refractivity contribution is 5.74. The third-order valence-electron chi connectivity index (χ3n) is 4.56. The van der Waals surface area contributed by atoms with Crippen molar-refractivity contribution in [1.82, 2.24) is 25.6 Å². The van der Waals surface area contributed by atoms with Gasteiger partial charge in [0.2, 0.25) is 0 Å². The van der Waals surface area contributed by atoms with Crippen molar-refractivity contribution in [3.8, 4) is 11.5 Å². The summed E-state index contributed by atoms with van der Waals surface area (Å²) in [4.78, 5) is 12.3. The second-order valence-electron chi connectivity index (χ2n) is 6.60. The van der Waals surface area contributed by atoms with Gasteiger partial charge in [-0.2, -0.15) is 0 Å². The highest BCUT2D eigenvalue weighted by Gasteiger charge is 2.31. The number of urea groups is 1. The number of nitrogens with one attached hydrogen (secondary N) is 2. The number of aromatic nitrogens is 3. The molecule has 1 fully saturated rings. The molecule has 0 bridgehead atoms. The molecule has 0 aliphatic carbocycles. The minimum atomic E-state index is -0.434. The SMILES string of the molecule is O=C(NCc1cccc(Oc2ccccc2F)c1)N[C@@H]1COC[C@@H]1n1ccnn1. The number of ether oxygens (including phenoxy) is 2. The molecule has 0 saturated carbocycles. The van der Waals surface area contributed by atoms with Crippen LogP contribution < -0.4 is 15.4 Å². The van der Waals surface area contributed by atoms with Crippen LogP contribution in [0.3, 0.4) is 0 Å². The standard InChI is InChI=1S/C20H20FN5O3/c21-16-6-1-2-7-19(16)29-15-5-3-4-14(10-15)11-22-20(27)24-17-12-28-13-18(17)26-9-8-23-25-26/h1-10,17-18H,11-13H2,(H2,22,24,27)/t17-,18+/m1/s1. The number of benzene rings is 2. The smallest absolute Gasteiger partial charge is 0.315 e. The van der Waals surface area contributed by atoms with Gasteiger partial charge in [0.1, 0.15) is 5.75 Å². The summed E-state index contributed by atoms with van der Waals surface area (Å²) in [5.41, 5.74) is 0.824. The van der Waals surface area contributed by atoms with Crippen molar-refractivity contribution in [2.45, 2.75) is 18.6 Å².